The lowest BCUT2D eigenvalue weighted by molar-refractivity contribution is -0.154. The highest BCUT2D eigenvalue weighted by molar-refractivity contribution is 7.90. The minimum Gasteiger partial charge on any atom is -0.349 e. The van der Waals surface area contributed by atoms with Crippen LogP contribution in [0.1, 0.15) is 56.7 Å². The molecule has 0 bridgehead atoms. The minimum absolute atomic E-state index is 0.00326. The van der Waals surface area contributed by atoms with Gasteiger partial charge in [0.25, 0.3) is 0 Å². The second-order valence-electron chi connectivity index (χ2n) is 10.4. The molecule has 1 N–H and O–H groups in total. The van der Waals surface area contributed by atoms with Gasteiger partial charge in [-0.05, 0) is 56.4 Å². The van der Waals surface area contributed by atoms with E-state index in [1.54, 1.807) is 36.4 Å². The Balaban J connectivity index is 1.58. The molecule has 40 heavy (non-hydrogen) atoms. The Kier molecular flexibility index (Phi) is 10.8. The van der Waals surface area contributed by atoms with E-state index in [-0.39, 0.29) is 29.3 Å². The van der Waals surface area contributed by atoms with Crippen LogP contribution in [0.4, 0.5) is 13.2 Å². The highest BCUT2D eigenvalue weighted by Gasteiger charge is 2.33. The van der Waals surface area contributed by atoms with Gasteiger partial charge in [0, 0.05) is 38.0 Å². The molecule has 2 amide bonds. The first-order valence-electron chi connectivity index (χ1n) is 13.5. The van der Waals surface area contributed by atoms with Gasteiger partial charge in [0.05, 0.1) is 17.4 Å². The number of hydrogen-bond donors (Lipinski definition) is 1. The molecule has 220 valence electrons. The number of nitrogens with zero attached hydrogens (tertiary/aromatic N) is 2. The van der Waals surface area contributed by atoms with Crippen LogP contribution < -0.4 is 5.32 Å². The van der Waals surface area contributed by atoms with E-state index >= 15 is 0 Å². The normalized spacial score (nSPS) is 16.8. The Morgan fingerprint density at radius 1 is 1.05 bits per heavy atom. The summed E-state index contributed by atoms with van der Waals surface area (Å²) in [7, 11) is -3.30. The monoisotopic (exact) mass is 581 g/mol. The Bertz CT molecular complexity index is 1230. The Labute approximate surface area is 234 Å². The molecular formula is C29H38F3N3O4S. The molecular weight excluding hydrogens is 543 g/mol. The molecule has 1 fully saturated rings. The number of rotatable bonds is 11. The number of amides is 2. The van der Waals surface area contributed by atoms with E-state index in [0.29, 0.717) is 13.0 Å². The molecule has 2 aromatic rings. The Morgan fingerprint density at radius 2 is 1.65 bits per heavy atom. The molecule has 1 unspecified atom stereocenters. The average molecular weight is 582 g/mol. The predicted octanol–water partition coefficient (Wildman–Crippen LogP) is 4.53. The summed E-state index contributed by atoms with van der Waals surface area (Å²) >= 11 is 0. The molecule has 2 aromatic carbocycles. The van der Waals surface area contributed by atoms with Gasteiger partial charge >= 0.3 is 6.18 Å². The third-order valence-corrected chi connectivity index (χ3v) is 8.53. The lowest BCUT2D eigenvalue weighted by atomic mass is 9.95. The quantitative estimate of drug-likeness (QED) is 0.421. The summed E-state index contributed by atoms with van der Waals surface area (Å²) in [5.41, 5.74) is 1.51. The van der Waals surface area contributed by atoms with Crippen molar-refractivity contribution < 1.29 is 31.2 Å². The maximum absolute atomic E-state index is 13.1. The number of likely N-dealkylation sites (N-methyl/N-ethyl adjacent to an activating group) is 1. The number of halogens is 3. The standard InChI is InChI=1S/C29H38F3N3O4S/c1-4-35(28(37)19-22-10-12-25(13-11-22)40(3,38)39)24-14-16-34(17-15-24)21(2)18-26(23-8-6-5-7-9-23)33-27(36)20-29(30,31)32/h5-13,21,24,26H,4,14-20H2,1-3H3,(H,33,36)/t21?,26-/m0/s1. The molecule has 0 spiro atoms. The highest BCUT2D eigenvalue weighted by atomic mass is 32.2. The lowest BCUT2D eigenvalue weighted by Gasteiger charge is -2.41. The summed E-state index contributed by atoms with van der Waals surface area (Å²) in [4.78, 5) is 29.6. The van der Waals surface area contributed by atoms with Crippen LogP contribution in [0.3, 0.4) is 0 Å². The molecule has 1 aliphatic heterocycles. The van der Waals surface area contributed by atoms with E-state index < -0.39 is 34.4 Å². The van der Waals surface area contributed by atoms with E-state index in [9.17, 15) is 31.2 Å². The number of carbonyl (C=O) groups is 2. The third-order valence-electron chi connectivity index (χ3n) is 7.41. The van der Waals surface area contributed by atoms with Crippen LogP contribution in [0.5, 0.6) is 0 Å². The molecule has 3 rings (SSSR count). The van der Waals surface area contributed by atoms with Gasteiger partial charge in [-0.3, -0.25) is 9.59 Å². The van der Waals surface area contributed by atoms with Crippen molar-refractivity contribution in [3.8, 4) is 0 Å². The molecule has 1 saturated heterocycles. The van der Waals surface area contributed by atoms with Crippen molar-refractivity contribution >= 4 is 21.7 Å². The van der Waals surface area contributed by atoms with Crippen LogP contribution in [0.2, 0.25) is 0 Å². The number of benzene rings is 2. The molecule has 0 radical (unpaired) electrons. The molecule has 1 aliphatic rings. The van der Waals surface area contributed by atoms with Crippen molar-refractivity contribution in [2.75, 3.05) is 25.9 Å². The van der Waals surface area contributed by atoms with Gasteiger partial charge in [0.2, 0.25) is 11.8 Å². The highest BCUT2D eigenvalue weighted by Crippen LogP contribution is 2.26. The number of likely N-dealkylation sites (tertiary alicyclic amines) is 1. The largest absolute Gasteiger partial charge is 0.397 e. The smallest absolute Gasteiger partial charge is 0.349 e. The van der Waals surface area contributed by atoms with Crippen LogP contribution >= 0.6 is 0 Å². The molecule has 0 aromatic heterocycles. The fraction of sp³-hybridized carbons (Fsp3) is 0.517. The lowest BCUT2D eigenvalue weighted by Crippen LogP contribution is -2.50. The van der Waals surface area contributed by atoms with Crippen molar-refractivity contribution in [2.24, 2.45) is 0 Å². The molecule has 0 saturated carbocycles. The van der Waals surface area contributed by atoms with E-state index in [4.69, 9.17) is 0 Å². The topological polar surface area (TPSA) is 86.8 Å². The van der Waals surface area contributed by atoms with Crippen molar-refractivity contribution in [2.45, 2.75) is 75.1 Å². The van der Waals surface area contributed by atoms with E-state index in [1.807, 2.05) is 24.8 Å². The molecule has 11 heteroatoms. The molecule has 7 nitrogen and oxygen atoms in total. The first kappa shape index (κ1) is 31.6. The first-order valence-corrected chi connectivity index (χ1v) is 15.4. The van der Waals surface area contributed by atoms with Crippen molar-refractivity contribution in [3.05, 3.63) is 65.7 Å². The second-order valence-corrected chi connectivity index (χ2v) is 12.5. The average Bonchev–Trinajstić information content (AvgIpc) is 2.88. The van der Waals surface area contributed by atoms with Crippen molar-refractivity contribution in [3.63, 3.8) is 0 Å². The van der Waals surface area contributed by atoms with Gasteiger partial charge in [-0.15, -0.1) is 0 Å². The van der Waals surface area contributed by atoms with Crippen LogP contribution in [-0.4, -0.2) is 74.2 Å². The molecule has 2 atom stereocenters. The van der Waals surface area contributed by atoms with Crippen molar-refractivity contribution in [1.82, 2.24) is 15.1 Å². The van der Waals surface area contributed by atoms with E-state index in [0.717, 1.165) is 43.3 Å². The van der Waals surface area contributed by atoms with E-state index in [2.05, 4.69) is 10.2 Å². The Morgan fingerprint density at radius 3 is 2.17 bits per heavy atom. The van der Waals surface area contributed by atoms with Gasteiger partial charge in [-0.2, -0.15) is 13.2 Å². The maximum Gasteiger partial charge on any atom is 0.397 e. The second kappa shape index (κ2) is 13.6. The zero-order chi connectivity index (χ0) is 29.5. The summed E-state index contributed by atoms with van der Waals surface area (Å²) in [5.74, 6) is -1.06. The SMILES string of the molecule is CCN(C(=O)Cc1ccc(S(C)(=O)=O)cc1)C1CCN(C(C)C[C@H](NC(=O)CC(F)(F)F)c2ccccc2)CC1. The van der Waals surface area contributed by atoms with E-state index in [1.165, 1.54) is 12.1 Å². The number of piperidine rings is 1. The summed E-state index contributed by atoms with van der Waals surface area (Å²) in [6, 6.07) is 14.9. The zero-order valence-electron chi connectivity index (χ0n) is 23.2. The number of sulfone groups is 1. The zero-order valence-corrected chi connectivity index (χ0v) is 24.0. The number of hydrogen-bond acceptors (Lipinski definition) is 5. The summed E-state index contributed by atoms with van der Waals surface area (Å²) in [6.45, 7) is 5.94. The summed E-state index contributed by atoms with van der Waals surface area (Å²) in [6.07, 6.45) is -2.78. The molecule has 0 aliphatic carbocycles. The fourth-order valence-corrected chi connectivity index (χ4v) is 5.92. The number of alkyl halides is 3. The van der Waals surface area contributed by atoms with Gasteiger partial charge in [-0.1, -0.05) is 42.5 Å². The minimum atomic E-state index is -4.57. The van der Waals surface area contributed by atoms with Gasteiger partial charge in [0.15, 0.2) is 9.84 Å². The Hall–Kier alpha value is -2.92. The summed E-state index contributed by atoms with van der Waals surface area (Å²) in [5, 5.41) is 2.57. The van der Waals surface area contributed by atoms with Crippen LogP contribution in [0, 0.1) is 0 Å². The van der Waals surface area contributed by atoms with Gasteiger partial charge in [-0.25, -0.2) is 8.42 Å². The number of carbonyl (C=O) groups excluding carboxylic acids is 2. The number of nitrogens with one attached hydrogen (secondary N) is 1. The molecule has 1 heterocycles. The van der Waals surface area contributed by atoms with Gasteiger partial charge < -0.3 is 15.1 Å². The fourth-order valence-electron chi connectivity index (χ4n) is 5.29. The van der Waals surface area contributed by atoms with Gasteiger partial charge in [0.1, 0.15) is 6.42 Å². The first-order chi connectivity index (χ1) is 18.8. The van der Waals surface area contributed by atoms with Crippen LogP contribution in [0.25, 0.3) is 0 Å². The third kappa shape index (κ3) is 9.33. The van der Waals surface area contributed by atoms with Crippen LogP contribution in [0.15, 0.2) is 59.5 Å². The van der Waals surface area contributed by atoms with Crippen LogP contribution in [-0.2, 0) is 25.8 Å². The maximum atomic E-state index is 13.1. The predicted molar refractivity (Wildman–Crippen MR) is 147 cm³/mol. The summed E-state index contributed by atoms with van der Waals surface area (Å²) < 4.78 is 61.7. The van der Waals surface area contributed by atoms with Crippen molar-refractivity contribution in [1.29, 1.82) is 0 Å².